The highest BCUT2D eigenvalue weighted by molar-refractivity contribution is 5.53. The van der Waals surface area contributed by atoms with Crippen LogP contribution in [-0.2, 0) is 11.8 Å². The van der Waals surface area contributed by atoms with Crippen molar-refractivity contribution >= 4 is 11.4 Å². The third kappa shape index (κ3) is 4.11. The lowest BCUT2D eigenvalue weighted by atomic mass is 9.85. The minimum Gasteiger partial charge on any atom is -0.399 e. The minimum absolute atomic E-state index is 0.231. The van der Waals surface area contributed by atoms with Gasteiger partial charge in [-0.05, 0) is 66.0 Å². The fraction of sp³-hybridized carbons (Fsp3) is 0.455. The van der Waals surface area contributed by atoms with Crippen LogP contribution in [0.2, 0.25) is 0 Å². The number of piperidine rings is 1. The Morgan fingerprint density at radius 2 is 1.67 bits per heavy atom. The number of nitrogen functional groups attached to an aromatic ring is 1. The smallest absolute Gasteiger partial charge is 0.0367 e. The van der Waals surface area contributed by atoms with E-state index in [1.165, 1.54) is 36.1 Å². The fourth-order valence-corrected chi connectivity index (χ4v) is 3.63. The van der Waals surface area contributed by atoms with Crippen LogP contribution in [0.5, 0.6) is 0 Å². The predicted octanol–water partition coefficient (Wildman–Crippen LogP) is 5.03. The zero-order valence-electron chi connectivity index (χ0n) is 15.3. The van der Waals surface area contributed by atoms with Gasteiger partial charge in [0.1, 0.15) is 0 Å². The first-order valence-electron chi connectivity index (χ1n) is 9.12. The molecular formula is C22H30N2. The molecule has 0 saturated carbocycles. The molecule has 1 saturated heterocycles. The van der Waals surface area contributed by atoms with Crippen LogP contribution in [0.15, 0.2) is 48.5 Å². The third-order valence-electron chi connectivity index (χ3n) is 5.12. The number of anilines is 2. The molecule has 128 valence electrons. The molecule has 2 nitrogen and oxygen atoms in total. The number of nitrogens with zero attached hydrogens (tertiary/aromatic N) is 1. The molecular weight excluding hydrogens is 292 g/mol. The molecule has 1 fully saturated rings. The molecule has 0 amide bonds. The number of hydrogen-bond acceptors (Lipinski definition) is 2. The molecule has 2 aromatic rings. The third-order valence-corrected chi connectivity index (χ3v) is 5.12. The number of hydrogen-bond donors (Lipinski definition) is 1. The first-order valence-corrected chi connectivity index (χ1v) is 9.12. The maximum Gasteiger partial charge on any atom is 0.0367 e. The predicted molar refractivity (Wildman–Crippen MR) is 105 cm³/mol. The highest BCUT2D eigenvalue weighted by Crippen LogP contribution is 2.27. The van der Waals surface area contributed by atoms with Crippen LogP contribution in [-0.4, -0.2) is 13.1 Å². The summed E-state index contributed by atoms with van der Waals surface area (Å²) in [5, 5.41) is 0. The first-order chi connectivity index (χ1) is 11.4. The van der Waals surface area contributed by atoms with Gasteiger partial charge in [0.05, 0.1) is 0 Å². The van der Waals surface area contributed by atoms with Crippen LogP contribution in [0, 0.1) is 5.92 Å². The molecule has 1 aliphatic rings. The monoisotopic (exact) mass is 322 g/mol. The van der Waals surface area contributed by atoms with Crippen molar-refractivity contribution in [3.05, 3.63) is 59.7 Å². The van der Waals surface area contributed by atoms with Gasteiger partial charge < -0.3 is 10.6 Å². The van der Waals surface area contributed by atoms with Gasteiger partial charge in [0, 0.05) is 24.5 Å². The second kappa shape index (κ2) is 6.88. The highest BCUT2D eigenvalue weighted by Gasteiger charge is 2.21. The second-order valence-corrected chi connectivity index (χ2v) is 8.20. The second-order valence-electron chi connectivity index (χ2n) is 8.20. The molecule has 0 aliphatic carbocycles. The van der Waals surface area contributed by atoms with Crippen molar-refractivity contribution in [3.63, 3.8) is 0 Å². The molecule has 1 heterocycles. The van der Waals surface area contributed by atoms with Crippen LogP contribution in [0.1, 0.15) is 44.7 Å². The van der Waals surface area contributed by atoms with Crippen molar-refractivity contribution in [1.82, 2.24) is 0 Å². The van der Waals surface area contributed by atoms with Crippen LogP contribution < -0.4 is 10.6 Å². The van der Waals surface area contributed by atoms with Crippen molar-refractivity contribution in [2.24, 2.45) is 5.92 Å². The lowest BCUT2D eigenvalue weighted by molar-refractivity contribution is 0.413. The summed E-state index contributed by atoms with van der Waals surface area (Å²) in [5.74, 6) is 0.733. The summed E-state index contributed by atoms with van der Waals surface area (Å²) in [7, 11) is 0. The zero-order valence-corrected chi connectivity index (χ0v) is 15.3. The van der Waals surface area contributed by atoms with Crippen molar-refractivity contribution < 1.29 is 0 Å². The molecule has 1 unspecified atom stereocenters. The van der Waals surface area contributed by atoms with E-state index in [2.05, 4.69) is 62.1 Å². The molecule has 2 N–H and O–H groups in total. The van der Waals surface area contributed by atoms with E-state index >= 15 is 0 Å². The molecule has 1 atom stereocenters. The van der Waals surface area contributed by atoms with Crippen LogP contribution in [0.25, 0.3) is 0 Å². The Kier molecular flexibility index (Phi) is 4.84. The number of rotatable bonds is 3. The molecule has 24 heavy (non-hydrogen) atoms. The maximum absolute atomic E-state index is 5.81. The number of nitrogens with two attached hydrogens (primary N) is 1. The average molecular weight is 322 g/mol. The summed E-state index contributed by atoms with van der Waals surface area (Å²) in [5.41, 5.74) is 11.1. The summed E-state index contributed by atoms with van der Waals surface area (Å²) in [6, 6.07) is 17.6. The van der Waals surface area contributed by atoms with E-state index in [4.69, 9.17) is 5.73 Å². The van der Waals surface area contributed by atoms with Crippen LogP contribution in [0.3, 0.4) is 0 Å². The van der Waals surface area contributed by atoms with E-state index in [9.17, 15) is 0 Å². The highest BCUT2D eigenvalue weighted by atomic mass is 15.1. The molecule has 2 aromatic carbocycles. The van der Waals surface area contributed by atoms with Gasteiger partial charge >= 0.3 is 0 Å². The number of benzene rings is 2. The summed E-state index contributed by atoms with van der Waals surface area (Å²) < 4.78 is 0. The Morgan fingerprint density at radius 3 is 2.29 bits per heavy atom. The molecule has 2 heteroatoms. The van der Waals surface area contributed by atoms with E-state index in [0.29, 0.717) is 0 Å². The Labute approximate surface area is 146 Å². The van der Waals surface area contributed by atoms with Crippen LogP contribution in [0.4, 0.5) is 11.4 Å². The zero-order chi connectivity index (χ0) is 17.2. The van der Waals surface area contributed by atoms with Gasteiger partial charge in [-0.3, -0.25) is 0 Å². The molecule has 3 rings (SSSR count). The van der Waals surface area contributed by atoms with Gasteiger partial charge in [0.25, 0.3) is 0 Å². The Morgan fingerprint density at radius 1 is 1.00 bits per heavy atom. The fourth-order valence-electron chi connectivity index (χ4n) is 3.63. The topological polar surface area (TPSA) is 29.3 Å². The summed E-state index contributed by atoms with van der Waals surface area (Å²) in [4.78, 5) is 2.51. The quantitative estimate of drug-likeness (QED) is 0.803. The van der Waals surface area contributed by atoms with Gasteiger partial charge in [-0.15, -0.1) is 0 Å². The Balaban J connectivity index is 1.64. The lowest BCUT2D eigenvalue weighted by Crippen LogP contribution is -2.36. The van der Waals surface area contributed by atoms with Crippen molar-refractivity contribution in [2.75, 3.05) is 23.7 Å². The van der Waals surface area contributed by atoms with E-state index in [0.717, 1.165) is 24.7 Å². The maximum atomic E-state index is 5.81. The van der Waals surface area contributed by atoms with E-state index in [-0.39, 0.29) is 5.41 Å². The van der Waals surface area contributed by atoms with Gasteiger partial charge in [-0.1, -0.05) is 45.0 Å². The van der Waals surface area contributed by atoms with Gasteiger partial charge in [-0.2, -0.15) is 0 Å². The molecule has 0 aromatic heterocycles. The lowest BCUT2D eigenvalue weighted by Gasteiger charge is -2.34. The Bertz CT molecular complexity index is 650. The normalized spacial score (nSPS) is 18.6. The van der Waals surface area contributed by atoms with E-state index in [1.807, 2.05) is 12.1 Å². The average Bonchev–Trinajstić information content (AvgIpc) is 2.55. The van der Waals surface area contributed by atoms with Crippen molar-refractivity contribution in [3.8, 4) is 0 Å². The van der Waals surface area contributed by atoms with E-state index in [1.54, 1.807) is 0 Å². The first kappa shape index (κ1) is 16.9. The van der Waals surface area contributed by atoms with Crippen LogP contribution >= 0.6 is 0 Å². The minimum atomic E-state index is 0.231. The van der Waals surface area contributed by atoms with Gasteiger partial charge in [-0.25, -0.2) is 0 Å². The van der Waals surface area contributed by atoms with Gasteiger partial charge in [0.15, 0.2) is 0 Å². The van der Waals surface area contributed by atoms with Gasteiger partial charge in [0.2, 0.25) is 0 Å². The van der Waals surface area contributed by atoms with Crippen molar-refractivity contribution in [1.29, 1.82) is 0 Å². The molecule has 1 aliphatic heterocycles. The SMILES string of the molecule is CC(C)(C)c1ccc(CC2CCCN(c3ccc(N)cc3)C2)cc1. The molecule has 0 bridgehead atoms. The summed E-state index contributed by atoms with van der Waals surface area (Å²) >= 11 is 0. The standard InChI is InChI=1S/C22H30N2/c1-22(2,3)19-8-6-17(7-9-19)15-18-5-4-14-24(16-18)21-12-10-20(23)11-13-21/h6-13,18H,4-5,14-16,23H2,1-3H3. The van der Waals surface area contributed by atoms with E-state index < -0.39 is 0 Å². The summed E-state index contributed by atoms with van der Waals surface area (Å²) in [6.45, 7) is 9.11. The molecule has 0 spiro atoms. The Hall–Kier alpha value is -1.96. The van der Waals surface area contributed by atoms with Crippen molar-refractivity contribution in [2.45, 2.75) is 45.4 Å². The largest absolute Gasteiger partial charge is 0.399 e. The summed E-state index contributed by atoms with van der Waals surface area (Å²) in [6.07, 6.45) is 3.78. The molecule has 0 radical (unpaired) electrons.